The Labute approximate surface area is 118 Å². The summed E-state index contributed by atoms with van der Waals surface area (Å²) in [6.45, 7) is 4.14. The van der Waals surface area contributed by atoms with E-state index in [4.69, 9.17) is 21.4 Å². The maximum absolute atomic E-state index is 11.5. The number of carbonyl (C=O) groups excluding carboxylic acids is 1. The van der Waals surface area contributed by atoms with Gasteiger partial charge in [0.25, 0.3) is 5.91 Å². The summed E-state index contributed by atoms with van der Waals surface area (Å²) >= 11 is 5.96. The first-order chi connectivity index (χ1) is 8.99. The standard InChI is InChI=1S/C14H20ClNO3/c1-10-5-6-12(15)13(8-10)19-9-14(18)16-7-3-4-11(2)17/h5-6,8,11,17H,3-4,7,9H2,1-2H3,(H,16,18). The Morgan fingerprint density at radius 3 is 2.95 bits per heavy atom. The van der Waals surface area contributed by atoms with Crippen LogP contribution in [0.15, 0.2) is 18.2 Å². The zero-order valence-electron chi connectivity index (χ0n) is 11.3. The molecular formula is C14H20ClNO3. The minimum Gasteiger partial charge on any atom is -0.482 e. The van der Waals surface area contributed by atoms with Crippen LogP contribution in [0.1, 0.15) is 25.3 Å². The highest BCUT2D eigenvalue weighted by atomic mass is 35.5. The minimum atomic E-state index is -0.334. The molecule has 1 amide bonds. The molecule has 2 N–H and O–H groups in total. The van der Waals surface area contributed by atoms with Crippen LogP contribution in [0.25, 0.3) is 0 Å². The van der Waals surface area contributed by atoms with E-state index in [1.807, 2.05) is 13.0 Å². The minimum absolute atomic E-state index is 0.0577. The van der Waals surface area contributed by atoms with Gasteiger partial charge in [-0.3, -0.25) is 4.79 Å². The summed E-state index contributed by atoms with van der Waals surface area (Å²) in [5, 5.41) is 12.3. The lowest BCUT2D eigenvalue weighted by Gasteiger charge is -2.09. The topological polar surface area (TPSA) is 58.6 Å². The van der Waals surface area contributed by atoms with Crippen molar-refractivity contribution in [2.24, 2.45) is 0 Å². The Balaban J connectivity index is 2.28. The molecule has 0 aliphatic rings. The first kappa shape index (κ1) is 15.8. The second-order valence-corrected chi connectivity index (χ2v) is 4.97. The van der Waals surface area contributed by atoms with Crippen molar-refractivity contribution in [3.63, 3.8) is 0 Å². The molecule has 1 unspecified atom stereocenters. The molecule has 1 rings (SSSR count). The van der Waals surface area contributed by atoms with Gasteiger partial charge in [0.15, 0.2) is 6.61 Å². The van der Waals surface area contributed by atoms with Crippen molar-refractivity contribution in [2.45, 2.75) is 32.8 Å². The van der Waals surface area contributed by atoms with Gasteiger partial charge in [-0.15, -0.1) is 0 Å². The normalized spacial score (nSPS) is 12.0. The summed E-state index contributed by atoms with van der Waals surface area (Å²) in [4.78, 5) is 11.5. The molecule has 0 saturated heterocycles. The molecule has 1 aromatic rings. The van der Waals surface area contributed by atoms with Crippen LogP contribution >= 0.6 is 11.6 Å². The molecule has 0 radical (unpaired) electrons. The predicted octanol–water partition coefficient (Wildman–Crippen LogP) is 2.30. The van der Waals surface area contributed by atoms with E-state index in [-0.39, 0.29) is 18.6 Å². The fourth-order valence-corrected chi connectivity index (χ4v) is 1.71. The van der Waals surface area contributed by atoms with Crippen LogP contribution in [-0.4, -0.2) is 30.3 Å². The van der Waals surface area contributed by atoms with Crippen molar-refractivity contribution in [1.82, 2.24) is 5.32 Å². The molecule has 4 nitrogen and oxygen atoms in total. The molecule has 1 aromatic carbocycles. The van der Waals surface area contributed by atoms with Crippen molar-refractivity contribution in [1.29, 1.82) is 0 Å². The fourth-order valence-electron chi connectivity index (χ4n) is 1.54. The van der Waals surface area contributed by atoms with Crippen molar-refractivity contribution in [2.75, 3.05) is 13.2 Å². The second-order valence-electron chi connectivity index (χ2n) is 4.56. The number of aliphatic hydroxyl groups is 1. The summed E-state index contributed by atoms with van der Waals surface area (Å²) in [5.41, 5.74) is 1.02. The zero-order chi connectivity index (χ0) is 14.3. The number of hydrogen-bond acceptors (Lipinski definition) is 3. The molecule has 106 valence electrons. The third-order valence-electron chi connectivity index (χ3n) is 2.57. The van der Waals surface area contributed by atoms with Crippen LogP contribution in [0.2, 0.25) is 5.02 Å². The molecule has 0 bridgehead atoms. The molecule has 0 spiro atoms. The van der Waals surface area contributed by atoms with Crippen LogP contribution in [0, 0.1) is 6.92 Å². The summed E-state index contributed by atoms with van der Waals surface area (Å²) in [6, 6.07) is 5.42. The van der Waals surface area contributed by atoms with E-state index in [1.54, 1.807) is 19.1 Å². The average Bonchev–Trinajstić information content (AvgIpc) is 2.35. The van der Waals surface area contributed by atoms with Gasteiger partial charge in [0.05, 0.1) is 11.1 Å². The molecule has 0 aromatic heterocycles. The SMILES string of the molecule is Cc1ccc(Cl)c(OCC(=O)NCCCC(C)O)c1. The summed E-state index contributed by atoms with van der Waals surface area (Å²) in [6.07, 6.45) is 1.08. The van der Waals surface area contributed by atoms with Crippen LogP contribution < -0.4 is 10.1 Å². The fraction of sp³-hybridized carbons (Fsp3) is 0.500. The maximum atomic E-state index is 11.5. The maximum Gasteiger partial charge on any atom is 0.257 e. The lowest BCUT2D eigenvalue weighted by Crippen LogP contribution is -2.30. The molecule has 0 aliphatic carbocycles. The predicted molar refractivity (Wildman–Crippen MR) is 75.6 cm³/mol. The quantitative estimate of drug-likeness (QED) is 0.756. The molecule has 0 aliphatic heterocycles. The number of halogens is 1. The average molecular weight is 286 g/mol. The van der Waals surface area contributed by atoms with Crippen molar-refractivity contribution in [3.8, 4) is 5.75 Å². The number of nitrogens with one attached hydrogen (secondary N) is 1. The highest BCUT2D eigenvalue weighted by Gasteiger charge is 2.06. The summed E-state index contributed by atoms with van der Waals surface area (Å²) in [5.74, 6) is 0.323. The number of amides is 1. The molecule has 0 fully saturated rings. The largest absolute Gasteiger partial charge is 0.482 e. The summed E-state index contributed by atoms with van der Waals surface area (Å²) < 4.78 is 5.36. The van der Waals surface area contributed by atoms with E-state index in [9.17, 15) is 4.79 Å². The number of aryl methyl sites for hydroxylation is 1. The lowest BCUT2D eigenvalue weighted by molar-refractivity contribution is -0.123. The highest BCUT2D eigenvalue weighted by Crippen LogP contribution is 2.24. The Kier molecular flexibility index (Phi) is 6.67. The number of rotatable bonds is 7. The Hall–Kier alpha value is -1.26. The number of aliphatic hydroxyl groups excluding tert-OH is 1. The van der Waals surface area contributed by atoms with Crippen molar-refractivity contribution >= 4 is 17.5 Å². The van der Waals surface area contributed by atoms with Gasteiger partial charge in [-0.05, 0) is 44.4 Å². The van der Waals surface area contributed by atoms with Gasteiger partial charge < -0.3 is 15.2 Å². The number of ether oxygens (including phenoxy) is 1. The van der Waals surface area contributed by atoms with E-state index in [1.165, 1.54) is 0 Å². The number of benzene rings is 1. The van der Waals surface area contributed by atoms with Gasteiger partial charge >= 0.3 is 0 Å². The smallest absolute Gasteiger partial charge is 0.257 e. The molecule has 1 atom stereocenters. The lowest BCUT2D eigenvalue weighted by atomic mass is 10.2. The third kappa shape index (κ3) is 6.45. The van der Waals surface area contributed by atoms with E-state index in [0.717, 1.165) is 12.0 Å². The van der Waals surface area contributed by atoms with Gasteiger partial charge in [-0.1, -0.05) is 17.7 Å². The van der Waals surface area contributed by atoms with Crippen LogP contribution in [0.3, 0.4) is 0 Å². The van der Waals surface area contributed by atoms with Gasteiger partial charge in [0.1, 0.15) is 5.75 Å². The van der Waals surface area contributed by atoms with E-state index >= 15 is 0 Å². The molecule has 0 saturated carbocycles. The van der Waals surface area contributed by atoms with Gasteiger partial charge in [-0.2, -0.15) is 0 Å². The van der Waals surface area contributed by atoms with Gasteiger partial charge in [0, 0.05) is 6.54 Å². The summed E-state index contributed by atoms with van der Waals surface area (Å²) in [7, 11) is 0. The Bertz CT molecular complexity index is 421. The second kappa shape index (κ2) is 8.02. The molecular weight excluding hydrogens is 266 g/mol. The third-order valence-corrected chi connectivity index (χ3v) is 2.88. The zero-order valence-corrected chi connectivity index (χ0v) is 12.0. The van der Waals surface area contributed by atoms with Crippen LogP contribution in [0.4, 0.5) is 0 Å². The van der Waals surface area contributed by atoms with Crippen molar-refractivity contribution in [3.05, 3.63) is 28.8 Å². The van der Waals surface area contributed by atoms with Gasteiger partial charge in [-0.25, -0.2) is 0 Å². The van der Waals surface area contributed by atoms with E-state index in [0.29, 0.717) is 23.7 Å². The Morgan fingerprint density at radius 2 is 2.26 bits per heavy atom. The highest BCUT2D eigenvalue weighted by molar-refractivity contribution is 6.32. The first-order valence-corrected chi connectivity index (χ1v) is 6.70. The van der Waals surface area contributed by atoms with Gasteiger partial charge in [0.2, 0.25) is 0 Å². The Morgan fingerprint density at radius 1 is 1.53 bits per heavy atom. The van der Waals surface area contributed by atoms with Crippen LogP contribution in [-0.2, 0) is 4.79 Å². The molecule has 0 heterocycles. The van der Waals surface area contributed by atoms with E-state index in [2.05, 4.69) is 5.32 Å². The number of hydrogen-bond donors (Lipinski definition) is 2. The molecule has 5 heteroatoms. The van der Waals surface area contributed by atoms with E-state index < -0.39 is 0 Å². The van der Waals surface area contributed by atoms with Crippen molar-refractivity contribution < 1.29 is 14.6 Å². The number of carbonyl (C=O) groups is 1. The van der Waals surface area contributed by atoms with Crippen LogP contribution in [0.5, 0.6) is 5.75 Å². The first-order valence-electron chi connectivity index (χ1n) is 6.32. The monoisotopic (exact) mass is 285 g/mol. The molecule has 19 heavy (non-hydrogen) atoms.